The maximum Gasteiger partial charge on any atom is 0.266 e. The van der Waals surface area contributed by atoms with Crippen molar-refractivity contribution >= 4 is 40.3 Å². The van der Waals surface area contributed by atoms with Crippen LogP contribution < -0.4 is 4.74 Å². The van der Waals surface area contributed by atoms with E-state index >= 15 is 0 Å². The standard InChI is InChI=1S/C30H26FN3O2S2/c1-2-17-36-26-14-13-22(18-25(26)31)28-23(20-34(32-28)24-11-7-4-8-12-24)19-27-29(35)33(30(37)38-27)16-15-21-9-5-3-6-10-21/h3-14,18-20H,2,15-17H2,1H3/b27-19-. The largest absolute Gasteiger partial charge is 0.491 e. The Morgan fingerprint density at radius 1 is 1.05 bits per heavy atom. The van der Waals surface area contributed by atoms with Crippen molar-refractivity contribution in [3.63, 3.8) is 0 Å². The van der Waals surface area contributed by atoms with E-state index in [0.29, 0.717) is 45.6 Å². The second kappa shape index (κ2) is 11.8. The molecule has 5 rings (SSSR count). The first-order chi connectivity index (χ1) is 18.5. The molecule has 1 fully saturated rings. The number of carbonyl (C=O) groups excluding carboxylic acids is 1. The molecule has 1 amide bonds. The number of amides is 1. The Labute approximate surface area is 230 Å². The van der Waals surface area contributed by atoms with E-state index in [-0.39, 0.29) is 11.7 Å². The van der Waals surface area contributed by atoms with Gasteiger partial charge in [-0.2, -0.15) is 5.10 Å². The minimum absolute atomic E-state index is 0.135. The third kappa shape index (κ3) is 5.71. The molecule has 0 atom stereocenters. The maximum absolute atomic E-state index is 14.9. The van der Waals surface area contributed by atoms with Gasteiger partial charge < -0.3 is 4.74 Å². The van der Waals surface area contributed by atoms with Gasteiger partial charge in [-0.1, -0.05) is 79.4 Å². The molecule has 1 aliphatic heterocycles. The first-order valence-corrected chi connectivity index (χ1v) is 13.6. The molecule has 8 heteroatoms. The normalized spacial score (nSPS) is 14.5. The number of hydrogen-bond donors (Lipinski definition) is 0. The Bertz CT molecular complexity index is 1490. The van der Waals surface area contributed by atoms with Crippen LogP contribution in [0.3, 0.4) is 0 Å². The molecule has 1 aliphatic rings. The van der Waals surface area contributed by atoms with Crippen LogP contribution in [-0.4, -0.2) is 38.1 Å². The lowest BCUT2D eigenvalue weighted by atomic mass is 10.1. The van der Waals surface area contributed by atoms with Crippen LogP contribution in [0.25, 0.3) is 23.0 Å². The topological polar surface area (TPSA) is 47.4 Å². The summed E-state index contributed by atoms with van der Waals surface area (Å²) in [6.07, 6.45) is 5.14. The number of halogens is 1. The fraction of sp³-hybridized carbons (Fsp3) is 0.167. The summed E-state index contributed by atoms with van der Waals surface area (Å²) in [5.74, 6) is -0.383. The van der Waals surface area contributed by atoms with Gasteiger partial charge in [-0.05, 0) is 54.8 Å². The van der Waals surface area contributed by atoms with Gasteiger partial charge >= 0.3 is 0 Å². The van der Waals surface area contributed by atoms with Crippen LogP contribution in [0.15, 0.2) is 90.0 Å². The molecule has 2 heterocycles. The Morgan fingerprint density at radius 3 is 2.50 bits per heavy atom. The number of thiocarbonyl (C=S) groups is 1. The van der Waals surface area contributed by atoms with E-state index in [1.807, 2.05) is 73.8 Å². The van der Waals surface area contributed by atoms with Crippen LogP contribution >= 0.6 is 24.0 Å². The highest BCUT2D eigenvalue weighted by atomic mass is 32.2. The summed E-state index contributed by atoms with van der Waals surface area (Å²) in [4.78, 5) is 15.5. The highest BCUT2D eigenvalue weighted by Crippen LogP contribution is 2.35. The molecular formula is C30H26FN3O2S2. The van der Waals surface area contributed by atoms with Gasteiger partial charge in [0.25, 0.3) is 5.91 Å². The molecule has 4 aromatic rings. The number of para-hydroxylation sites is 1. The number of ether oxygens (including phenoxy) is 1. The van der Waals surface area contributed by atoms with E-state index in [9.17, 15) is 9.18 Å². The van der Waals surface area contributed by atoms with Gasteiger partial charge in [0, 0.05) is 23.9 Å². The van der Waals surface area contributed by atoms with Crippen molar-refractivity contribution in [3.8, 4) is 22.7 Å². The van der Waals surface area contributed by atoms with Crippen molar-refractivity contribution in [2.24, 2.45) is 0 Å². The highest BCUT2D eigenvalue weighted by Gasteiger charge is 2.32. The molecular weight excluding hydrogens is 517 g/mol. The fourth-order valence-electron chi connectivity index (χ4n) is 4.13. The number of hydrogen-bond acceptors (Lipinski definition) is 5. The SMILES string of the molecule is CCCOc1ccc(-c2nn(-c3ccccc3)cc2/C=C2\SC(=S)N(CCc3ccccc3)C2=O)cc1F. The average Bonchev–Trinajstić information content (AvgIpc) is 3.48. The smallest absolute Gasteiger partial charge is 0.266 e. The van der Waals surface area contributed by atoms with Gasteiger partial charge in [-0.15, -0.1) is 0 Å². The third-order valence-electron chi connectivity index (χ3n) is 6.06. The first-order valence-electron chi connectivity index (χ1n) is 12.4. The van der Waals surface area contributed by atoms with Crippen molar-refractivity contribution in [2.45, 2.75) is 19.8 Å². The summed E-state index contributed by atoms with van der Waals surface area (Å²) in [7, 11) is 0. The second-order valence-electron chi connectivity index (χ2n) is 8.78. The van der Waals surface area contributed by atoms with Crippen LogP contribution in [0.2, 0.25) is 0 Å². The predicted molar refractivity (Wildman–Crippen MR) is 155 cm³/mol. The number of thioether (sulfide) groups is 1. The summed E-state index contributed by atoms with van der Waals surface area (Å²) in [5.41, 5.74) is 3.84. The monoisotopic (exact) mass is 543 g/mol. The molecule has 3 aromatic carbocycles. The van der Waals surface area contributed by atoms with E-state index in [1.165, 1.54) is 17.8 Å². The molecule has 0 N–H and O–H groups in total. The zero-order chi connectivity index (χ0) is 26.5. The van der Waals surface area contributed by atoms with E-state index < -0.39 is 5.82 Å². The second-order valence-corrected chi connectivity index (χ2v) is 10.5. The Balaban J connectivity index is 1.47. The number of aromatic nitrogens is 2. The van der Waals surface area contributed by atoms with E-state index in [0.717, 1.165) is 17.7 Å². The lowest BCUT2D eigenvalue weighted by Gasteiger charge is -2.14. The van der Waals surface area contributed by atoms with Crippen molar-refractivity contribution in [1.82, 2.24) is 14.7 Å². The maximum atomic E-state index is 14.9. The predicted octanol–water partition coefficient (Wildman–Crippen LogP) is 6.91. The molecule has 38 heavy (non-hydrogen) atoms. The van der Waals surface area contributed by atoms with E-state index in [1.54, 1.807) is 27.8 Å². The quantitative estimate of drug-likeness (QED) is 0.170. The van der Waals surface area contributed by atoms with Crippen LogP contribution in [0.1, 0.15) is 24.5 Å². The van der Waals surface area contributed by atoms with Crippen molar-refractivity contribution < 1.29 is 13.9 Å². The van der Waals surface area contributed by atoms with Crippen LogP contribution in [-0.2, 0) is 11.2 Å². The number of nitrogens with zero attached hydrogens (tertiary/aromatic N) is 3. The average molecular weight is 544 g/mol. The summed E-state index contributed by atoms with van der Waals surface area (Å²) in [5, 5.41) is 4.76. The van der Waals surface area contributed by atoms with E-state index in [2.05, 4.69) is 0 Å². The van der Waals surface area contributed by atoms with Gasteiger partial charge in [0.1, 0.15) is 10.0 Å². The Hall–Kier alpha value is -3.75. The zero-order valence-corrected chi connectivity index (χ0v) is 22.5. The molecule has 0 saturated carbocycles. The first kappa shape index (κ1) is 25.9. The summed E-state index contributed by atoms with van der Waals surface area (Å²) < 4.78 is 22.6. The Kier molecular flexibility index (Phi) is 8.00. The molecule has 0 unspecified atom stereocenters. The molecule has 1 aromatic heterocycles. The van der Waals surface area contributed by atoms with Gasteiger partial charge in [0.2, 0.25) is 0 Å². The molecule has 0 spiro atoms. The molecule has 192 valence electrons. The Morgan fingerprint density at radius 2 is 1.79 bits per heavy atom. The molecule has 0 bridgehead atoms. The van der Waals surface area contributed by atoms with Crippen LogP contribution in [0.4, 0.5) is 4.39 Å². The van der Waals surface area contributed by atoms with E-state index in [4.69, 9.17) is 22.1 Å². The summed E-state index contributed by atoms with van der Waals surface area (Å²) >= 11 is 6.82. The lowest BCUT2D eigenvalue weighted by Crippen LogP contribution is -2.30. The number of rotatable bonds is 9. The third-order valence-corrected chi connectivity index (χ3v) is 7.44. The molecule has 1 saturated heterocycles. The van der Waals surface area contributed by atoms with Gasteiger partial charge in [0.15, 0.2) is 11.6 Å². The zero-order valence-electron chi connectivity index (χ0n) is 20.8. The molecule has 5 nitrogen and oxygen atoms in total. The fourth-order valence-corrected chi connectivity index (χ4v) is 5.43. The van der Waals surface area contributed by atoms with Crippen molar-refractivity contribution in [1.29, 1.82) is 0 Å². The van der Waals surface area contributed by atoms with Crippen LogP contribution in [0.5, 0.6) is 5.75 Å². The highest BCUT2D eigenvalue weighted by molar-refractivity contribution is 8.26. The van der Waals surface area contributed by atoms with Gasteiger partial charge in [-0.3, -0.25) is 9.69 Å². The minimum atomic E-state index is -0.455. The lowest BCUT2D eigenvalue weighted by molar-refractivity contribution is -0.122. The minimum Gasteiger partial charge on any atom is -0.491 e. The number of carbonyl (C=O) groups is 1. The van der Waals surface area contributed by atoms with Crippen molar-refractivity contribution in [2.75, 3.05) is 13.2 Å². The van der Waals surface area contributed by atoms with Crippen molar-refractivity contribution in [3.05, 3.63) is 107 Å². The van der Waals surface area contributed by atoms with Crippen LogP contribution in [0, 0.1) is 5.82 Å². The summed E-state index contributed by atoms with van der Waals surface area (Å²) in [6.45, 7) is 2.92. The molecule has 0 aliphatic carbocycles. The molecule has 0 radical (unpaired) electrons. The van der Waals surface area contributed by atoms with Gasteiger partial charge in [-0.25, -0.2) is 9.07 Å². The summed E-state index contributed by atoms with van der Waals surface area (Å²) in [6, 6.07) is 24.5. The van der Waals surface area contributed by atoms with Gasteiger partial charge in [0.05, 0.1) is 17.2 Å². The number of benzene rings is 3.